The van der Waals surface area contributed by atoms with Crippen molar-refractivity contribution >= 4 is 17.4 Å². The average Bonchev–Trinajstić information content (AvgIpc) is 2.59. The predicted octanol–water partition coefficient (Wildman–Crippen LogP) is 1.98. The SMILES string of the molecule is N#Cc1ccccc1-n1cc(Cl)c(N)n1. The molecule has 0 aliphatic rings. The normalized spacial score (nSPS) is 9.87. The number of halogens is 1. The van der Waals surface area contributed by atoms with Gasteiger partial charge >= 0.3 is 0 Å². The van der Waals surface area contributed by atoms with E-state index >= 15 is 0 Å². The summed E-state index contributed by atoms with van der Waals surface area (Å²) < 4.78 is 1.50. The van der Waals surface area contributed by atoms with Gasteiger partial charge in [0.25, 0.3) is 0 Å². The first-order chi connectivity index (χ1) is 7.22. The maximum atomic E-state index is 8.90. The lowest BCUT2D eigenvalue weighted by Gasteiger charge is -2.01. The number of nitrogens with zero attached hydrogens (tertiary/aromatic N) is 3. The van der Waals surface area contributed by atoms with Crippen molar-refractivity contribution in [2.45, 2.75) is 0 Å². The van der Waals surface area contributed by atoms with E-state index in [2.05, 4.69) is 11.2 Å². The standard InChI is InChI=1S/C10H7ClN4/c11-8-6-15(14-10(8)13)9-4-2-1-3-7(9)5-12/h1-4,6H,(H2,13,14). The van der Waals surface area contributed by atoms with Gasteiger partial charge in [-0.1, -0.05) is 23.7 Å². The third kappa shape index (κ3) is 1.65. The van der Waals surface area contributed by atoms with E-state index in [1.807, 2.05) is 6.07 Å². The van der Waals surface area contributed by atoms with Gasteiger partial charge in [-0.05, 0) is 12.1 Å². The molecule has 2 rings (SSSR count). The maximum absolute atomic E-state index is 8.90. The summed E-state index contributed by atoms with van der Waals surface area (Å²) in [4.78, 5) is 0. The Labute approximate surface area is 91.5 Å². The van der Waals surface area contributed by atoms with Gasteiger partial charge < -0.3 is 5.73 Å². The summed E-state index contributed by atoms with van der Waals surface area (Å²) in [6, 6.07) is 9.18. The highest BCUT2D eigenvalue weighted by Gasteiger charge is 2.07. The number of nitrogens with two attached hydrogens (primary N) is 1. The Kier molecular flexibility index (Phi) is 2.32. The number of aromatic nitrogens is 2. The molecule has 5 heteroatoms. The lowest BCUT2D eigenvalue weighted by molar-refractivity contribution is 0.883. The molecule has 1 heterocycles. The molecule has 1 aromatic carbocycles. The first kappa shape index (κ1) is 9.56. The summed E-state index contributed by atoms with van der Waals surface area (Å²) in [7, 11) is 0. The van der Waals surface area contributed by atoms with Crippen molar-refractivity contribution in [2.24, 2.45) is 0 Å². The highest BCUT2D eigenvalue weighted by atomic mass is 35.5. The Morgan fingerprint density at radius 1 is 1.40 bits per heavy atom. The molecule has 0 atom stereocenters. The molecule has 0 bridgehead atoms. The molecular formula is C10H7ClN4. The van der Waals surface area contributed by atoms with E-state index in [4.69, 9.17) is 22.6 Å². The monoisotopic (exact) mass is 218 g/mol. The molecule has 0 amide bonds. The van der Waals surface area contributed by atoms with Crippen LogP contribution in [0.3, 0.4) is 0 Å². The molecule has 0 spiro atoms. The summed E-state index contributed by atoms with van der Waals surface area (Å²) in [5, 5.41) is 13.3. The number of nitriles is 1. The van der Waals surface area contributed by atoms with Crippen molar-refractivity contribution in [1.29, 1.82) is 5.26 Å². The van der Waals surface area contributed by atoms with Crippen molar-refractivity contribution in [3.05, 3.63) is 41.0 Å². The zero-order valence-corrected chi connectivity index (χ0v) is 8.44. The molecule has 0 saturated carbocycles. The van der Waals surface area contributed by atoms with Crippen molar-refractivity contribution in [3.8, 4) is 11.8 Å². The zero-order chi connectivity index (χ0) is 10.8. The van der Waals surface area contributed by atoms with E-state index in [1.165, 1.54) is 4.68 Å². The molecule has 2 aromatic rings. The summed E-state index contributed by atoms with van der Waals surface area (Å²) in [5.41, 5.74) is 6.71. The van der Waals surface area contributed by atoms with Crippen LogP contribution in [0.5, 0.6) is 0 Å². The average molecular weight is 219 g/mol. The summed E-state index contributed by atoms with van der Waals surface area (Å²) >= 11 is 5.78. The van der Waals surface area contributed by atoms with Crippen molar-refractivity contribution < 1.29 is 0 Å². The minimum atomic E-state index is 0.254. The number of para-hydroxylation sites is 1. The lowest BCUT2D eigenvalue weighted by Crippen LogP contribution is -1.98. The minimum absolute atomic E-state index is 0.254. The Morgan fingerprint density at radius 2 is 2.13 bits per heavy atom. The Hall–Kier alpha value is -1.99. The van der Waals surface area contributed by atoms with Crippen LogP contribution in [-0.4, -0.2) is 9.78 Å². The van der Waals surface area contributed by atoms with Crippen molar-refractivity contribution in [3.63, 3.8) is 0 Å². The summed E-state index contributed by atoms with van der Waals surface area (Å²) in [5.74, 6) is 0.254. The number of nitrogen functional groups attached to an aromatic ring is 1. The van der Waals surface area contributed by atoms with Crippen molar-refractivity contribution in [2.75, 3.05) is 5.73 Å². The number of hydrogen-bond donors (Lipinski definition) is 1. The van der Waals surface area contributed by atoms with E-state index in [-0.39, 0.29) is 5.82 Å². The molecule has 1 aromatic heterocycles. The van der Waals surface area contributed by atoms with Crippen molar-refractivity contribution in [1.82, 2.24) is 9.78 Å². The molecule has 0 fully saturated rings. The fourth-order valence-electron chi connectivity index (χ4n) is 1.26. The van der Waals surface area contributed by atoms with E-state index < -0.39 is 0 Å². The van der Waals surface area contributed by atoms with Gasteiger partial charge in [-0.25, -0.2) is 4.68 Å². The third-order valence-corrected chi connectivity index (χ3v) is 2.26. The van der Waals surface area contributed by atoms with Crippen LogP contribution in [0.2, 0.25) is 5.02 Å². The van der Waals surface area contributed by atoms with Gasteiger partial charge in [0, 0.05) is 0 Å². The van der Waals surface area contributed by atoms with Crippen LogP contribution < -0.4 is 5.73 Å². The van der Waals surface area contributed by atoms with E-state index in [0.717, 1.165) is 0 Å². The van der Waals surface area contributed by atoms with Gasteiger partial charge in [-0.15, -0.1) is 5.10 Å². The second-order valence-electron chi connectivity index (χ2n) is 2.94. The van der Waals surface area contributed by atoms with E-state index in [0.29, 0.717) is 16.3 Å². The molecular weight excluding hydrogens is 212 g/mol. The number of rotatable bonds is 1. The fourth-order valence-corrected chi connectivity index (χ4v) is 1.39. The second-order valence-corrected chi connectivity index (χ2v) is 3.34. The second kappa shape index (κ2) is 3.64. The number of benzene rings is 1. The molecule has 0 aliphatic heterocycles. The topological polar surface area (TPSA) is 67.6 Å². The van der Waals surface area contributed by atoms with Crippen LogP contribution in [-0.2, 0) is 0 Å². The predicted molar refractivity (Wildman–Crippen MR) is 57.7 cm³/mol. The third-order valence-electron chi connectivity index (χ3n) is 1.97. The highest BCUT2D eigenvalue weighted by Crippen LogP contribution is 2.20. The molecule has 4 nitrogen and oxygen atoms in total. The van der Waals surface area contributed by atoms with Gasteiger partial charge in [0.2, 0.25) is 0 Å². The fraction of sp³-hybridized carbons (Fsp3) is 0. The Morgan fingerprint density at radius 3 is 2.73 bits per heavy atom. The zero-order valence-electron chi connectivity index (χ0n) is 7.68. The van der Waals surface area contributed by atoms with Crippen LogP contribution in [0.4, 0.5) is 5.82 Å². The van der Waals surface area contributed by atoms with Gasteiger partial charge in [-0.3, -0.25) is 0 Å². The molecule has 0 aliphatic carbocycles. The van der Waals surface area contributed by atoms with Crippen LogP contribution in [0.25, 0.3) is 5.69 Å². The first-order valence-corrected chi connectivity index (χ1v) is 4.60. The summed E-state index contributed by atoms with van der Waals surface area (Å²) in [6.07, 6.45) is 1.58. The van der Waals surface area contributed by atoms with Crippen LogP contribution >= 0.6 is 11.6 Å². The molecule has 2 N–H and O–H groups in total. The van der Waals surface area contributed by atoms with Crippen LogP contribution in [0.15, 0.2) is 30.5 Å². The Bertz CT molecular complexity index is 519. The lowest BCUT2D eigenvalue weighted by atomic mass is 10.2. The smallest absolute Gasteiger partial charge is 0.164 e. The Balaban J connectivity index is 2.59. The largest absolute Gasteiger partial charge is 0.381 e. The maximum Gasteiger partial charge on any atom is 0.164 e. The molecule has 0 radical (unpaired) electrons. The molecule has 0 unspecified atom stereocenters. The van der Waals surface area contributed by atoms with Gasteiger partial charge in [0.1, 0.15) is 11.1 Å². The first-order valence-electron chi connectivity index (χ1n) is 4.22. The quantitative estimate of drug-likeness (QED) is 0.796. The number of hydrogen-bond acceptors (Lipinski definition) is 3. The van der Waals surface area contributed by atoms with Crippen LogP contribution in [0, 0.1) is 11.3 Å². The van der Waals surface area contributed by atoms with Gasteiger partial charge in [0.15, 0.2) is 5.82 Å². The molecule has 15 heavy (non-hydrogen) atoms. The van der Waals surface area contributed by atoms with E-state index in [1.54, 1.807) is 24.4 Å². The van der Waals surface area contributed by atoms with Gasteiger partial charge in [0.05, 0.1) is 17.4 Å². The highest BCUT2D eigenvalue weighted by molar-refractivity contribution is 6.32. The summed E-state index contributed by atoms with van der Waals surface area (Å²) in [6.45, 7) is 0. The molecule has 0 saturated heterocycles. The number of anilines is 1. The molecule has 74 valence electrons. The van der Waals surface area contributed by atoms with E-state index in [9.17, 15) is 0 Å². The minimum Gasteiger partial charge on any atom is -0.381 e. The van der Waals surface area contributed by atoms with Gasteiger partial charge in [-0.2, -0.15) is 5.26 Å². The van der Waals surface area contributed by atoms with Crippen LogP contribution in [0.1, 0.15) is 5.56 Å².